The zero-order chi connectivity index (χ0) is 20.3. The van der Waals surface area contributed by atoms with E-state index < -0.39 is 6.09 Å². The minimum absolute atomic E-state index is 0.135. The third-order valence-corrected chi connectivity index (χ3v) is 5.01. The van der Waals surface area contributed by atoms with Crippen LogP contribution in [0.25, 0.3) is 21.5 Å². The van der Waals surface area contributed by atoms with Crippen LogP contribution in [0, 0.1) is 18.3 Å². The predicted molar refractivity (Wildman–Crippen MR) is 108 cm³/mol. The first-order valence-electron chi connectivity index (χ1n) is 8.54. The van der Waals surface area contributed by atoms with Crippen LogP contribution in [-0.2, 0) is 0 Å². The number of thiophene rings is 1. The lowest BCUT2D eigenvalue weighted by Gasteiger charge is -2.11. The molecule has 3 aromatic heterocycles. The molecule has 3 heterocycles. The van der Waals surface area contributed by atoms with Crippen molar-refractivity contribution < 1.29 is 13.9 Å². The lowest BCUT2D eigenvalue weighted by Crippen LogP contribution is -2.16. The number of carbonyl (C=O) groups excluding carboxylic acids is 1. The second-order valence-electron chi connectivity index (χ2n) is 6.02. The smallest absolute Gasteiger partial charge is 0.410 e. The summed E-state index contributed by atoms with van der Waals surface area (Å²) in [5, 5.41) is 16.7. The van der Waals surface area contributed by atoms with E-state index in [1.807, 2.05) is 14.0 Å². The van der Waals surface area contributed by atoms with Crippen LogP contribution in [0.2, 0.25) is 0 Å². The number of amides is 1. The molecule has 1 amide bonds. The molecule has 146 valence electrons. The summed E-state index contributed by atoms with van der Waals surface area (Å²) in [6.45, 7) is 3.25. The highest BCUT2D eigenvalue weighted by molar-refractivity contribution is 7.21. The Kier molecular flexibility index (Phi) is 5.67. The molecule has 0 atom stereocenters. The van der Waals surface area contributed by atoms with Gasteiger partial charge in [-0.25, -0.2) is 9.78 Å². The number of nitrogens with one attached hydrogen (secondary N) is 2. The second kappa shape index (κ2) is 8.16. The summed E-state index contributed by atoms with van der Waals surface area (Å²) in [5.41, 5.74) is 12.3. The fraction of sp³-hybridized carbons (Fsp3) is 0.278. The molecular weight excluding hydrogens is 380 g/mol. The number of fused-ring (bicyclic) bond motifs is 1. The van der Waals surface area contributed by atoms with E-state index in [-0.39, 0.29) is 10.8 Å². The minimum Gasteiger partial charge on any atom is -0.461 e. The predicted octanol–water partition coefficient (Wildman–Crippen LogP) is 2.80. The Morgan fingerprint density at radius 1 is 1.43 bits per heavy atom. The number of nitrogen functional groups attached to an aromatic ring is 1. The van der Waals surface area contributed by atoms with Crippen LogP contribution in [-0.4, -0.2) is 31.2 Å². The molecule has 6 N–H and O–H groups in total. The molecule has 28 heavy (non-hydrogen) atoms. The van der Waals surface area contributed by atoms with Crippen LogP contribution in [0.1, 0.15) is 17.7 Å². The number of carbonyl (C=O) groups is 1. The fourth-order valence-corrected chi connectivity index (χ4v) is 3.79. The zero-order valence-electron chi connectivity index (χ0n) is 15.5. The van der Waals surface area contributed by atoms with Gasteiger partial charge >= 0.3 is 6.09 Å². The fourth-order valence-electron chi connectivity index (χ4n) is 2.82. The molecule has 0 fully saturated rings. The molecule has 0 aromatic carbocycles. The molecule has 9 nitrogen and oxygen atoms in total. The molecule has 0 unspecified atom stereocenters. The van der Waals surface area contributed by atoms with Crippen molar-refractivity contribution in [3.8, 4) is 22.5 Å². The maximum Gasteiger partial charge on any atom is 0.410 e. The minimum atomic E-state index is -0.973. The van der Waals surface area contributed by atoms with Crippen LogP contribution in [0.15, 0.2) is 16.5 Å². The Balaban J connectivity index is 2.22. The van der Waals surface area contributed by atoms with Crippen molar-refractivity contribution in [3.05, 3.63) is 23.5 Å². The molecule has 0 saturated heterocycles. The highest BCUT2D eigenvalue weighted by Gasteiger charge is 2.25. The lowest BCUT2D eigenvalue weighted by atomic mass is 10.0. The molecular formula is C18H20N6O3S. The SMILES string of the molecule is CNCCCNc1nc2sc(OC(N)=O)c(N)c2c(-c2ccc(C)o2)c1C#N. The van der Waals surface area contributed by atoms with Crippen molar-refractivity contribution >= 4 is 39.2 Å². The summed E-state index contributed by atoms with van der Waals surface area (Å²) in [7, 11) is 1.87. The van der Waals surface area contributed by atoms with Crippen molar-refractivity contribution in [2.45, 2.75) is 13.3 Å². The van der Waals surface area contributed by atoms with Gasteiger partial charge in [-0.1, -0.05) is 11.3 Å². The molecule has 0 bridgehead atoms. The molecule has 0 spiro atoms. The summed E-state index contributed by atoms with van der Waals surface area (Å²) in [6.07, 6.45) is -0.126. The topological polar surface area (TPSA) is 152 Å². The van der Waals surface area contributed by atoms with Crippen molar-refractivity contribution in [2.75, 3.05) is 31.2 Å². The van der Waals surface area contributed by atoms with Crippen LogP contribution in [0.5, 0.6) is 5.06 Å². The largest absolute Gasteiger partial charge is 0.461 e. The number of ether oxygens (including phenoxy) is 1. The number of furan rings is 1. The van der Waals surface area contributed by atoms with E-state index in [0.29, 0.717) is 45.2 Å². The number of pyridine rings is 1. The monoisotopic (exact) mass is 400 g/mol. The molecule has 0 aliphatic heterocycles. The Bertz CT molecular complexity index is 1070. The van der Waals surface area contributed by atoms with Crippen LogP contribution < -0.4 is 26.8 Å². The number of nitriles is 1. The maximum absolute atomic E-state index is 11.2. The number of aryl methyl sites for hydroxylation is 1. The molecule has 0 saturated carbocycles. The summed E-state index contributed by atoms with van der Waals surface area (Å²) < 4.78 is 10.8. The number of primary amides is 1. The van der Waals surface area contributed by atoms with Crippen LogP contribution >= 0.6 is 11.3 Å². The molecule has 0 aliphatic rings. The first-order chi connectivity index (χ1) is 13.5. The molecule has 3 rings (SSSR count). The Hall–Kier alpha value is -3.29. The van der Waals surface area contributed by atoms with Gasteiger partial charge in [0, 0.05) is 6.54 Å². The first-order valence-corrected chi connectivity index (χ1v) is 9.36. The normalized spacial score (nSPS) is 10.8. The average molecular weight is 400 g/mol. The van der Waals surface area contributed by atoms with Crippen molar-refractivity contribution in [2.24, 2.45) is 5.73 Å². The molecule has 3 aromatic rings. The third-order valence-electron chi connectivity index (χ3n) is 4.03. The zero-order valence-corrected chi connectivity index (χ0v) is 16.3. The highest BCUT2D eigenvalue weighted by atomic mass is 32.1. The van der Waals surface area contributed by atoms with Gasteiger partial charge in [0.1, 0.15) is 33.8 Å². The Morgan fingerprint density at radius 2 is 2.21 bits per heavy atom. The third kappa shape index (κ3) is 3.71. The quantitative estimate of drug-likeness (QED) is 0.442. The summed E-state index contributed by atoms with van der Waals surface area (Å²) in [5.74, 6) is 1.59. The maximum atomic E-state index is 11.2. The van der Waals surface area contributed by atoms with Gasteiger partial charge < -0.3 is 31.3 Å². The van der Waals surface area contributed by atoms with Crippen LogP contribution in [0.4, 0.5) is 16.3 Å². The van der Waals surface area contributed by atoms with E-state index in [2.05, 4.69) is 21.7 Å². The van der Waals surface area contributed by atoms with E-state index in [1.165, 1.54) is 0 Å². The Morgan fingerprint density at radius 3 is 2.82 bits per heavy atom. The van der Waals surface area contributed by atoms with Crippen molar-refractivity contribution in [1.82, 2.24) is 10.3 Å². The summed E-state index contributed by atoms with van der Waals surface area (Å²) in [6, 6.07) is 5.76. The molecule has 0 radical (unpaired) electrons. The van der Waals surface area contributed by atoms with Gasteiger partial charge in [0.2, 0.25) is 5.06 Å². The average Bonchev–Trinajstić information content (AvgIpc) is 3.21. The summed E-state index contributed by atoms with van der Waals surface area (Å²) in [4.78, 5) is 16.2. The number of rotatable bonds is 7. The number of hydrogen-bond acceptors (Lipinski definition) is 9. The van der Waals surface area contributed by atoms with Gasteiger partial charge in [0.15, 0.2) is 0 Å². The molecule has 10 heteroatoms. The van der Waals surface area contributed by atoms with Gasteiger partial charge in [-0.2, -0.15) is 5.26 Å². The van der Waals surface area contributed by atoms with Crippen molar-refractivity contribution in [1.29, 1.82) is 5.26 Å². The van der Waals surface area contributed by atoms with Gasteiger partial charge in [-0.15, -0.1) is 0 Å². The number of hydrogen-bond donors (Lipinski definition) is 4. The van der Waals surface area contributed by atoms with Crippen molar-refractivity contribution in [3.63, 3.8) is 0 Å². The van der Waals surface area contributed by atoms with E-state index in [0.717, 1.165) is 24.3 Å². The summed E-state index contributed by atoms with van der Waals surface area (Å²) >= 11 is 1.08. The van der Waals surface area contributed by atoms with E-state index in [4.69, 9.17) is 20.6 Å². The van der Waals surface area contributed by atoms with E-state index in [1.54, 1.807) is 12.1 Å². The number of aromatic nitrogens is 1. The van der Waals surface area contributed by atoms with E-state index >= 15 is 0 Å². The Labute approximate surface area is 165 Å². The van der Waals surface area contributed by atoms with Crippen LogP contribution in [0.3, 0.4) is 0 Å². The second-order valence-corrected chi connectivity index (χ2v) is 6.98. The number of nitrogens with zero attached hydrogens (tertiary/aromatic N) is 2. The first kappa shape index (κ1) is 19.5. The highest BCUT2D eigenvalue weighted by Crippen LogP contribution is 2.46. The molecule has 0 aliphatic carbocycles. The van der Waals surface area contributed by atoms with Gasteiger partial charge in [0.05, 0.1) is 16.6 Å². The van der Waals surface area contributed by atoms with E-state index in [9.17, 15) is 10.1 Å². The van der Waals surface area contributed by atoms with Gasteiger partial charge in [-0.05, 0) is 39.1 Å². The standard InChI is InChI=1S/C18H20N6O3S/c1-9-4-5-11(26-9)12-10(8-19)15(23-7-3-6-22-2)24-16-13(12)14(20)17(28-16)27-18(21)25/h4-5,22H,3,6-7,20H2,1-2H3,(H2,21,25)(H,23,24). The van der Waals surface area contributed by atoms with Gasteiger partial charge in [0.25, 0.3) is 0 Å². The lowest BCUT2D eigenvalue weighted by molar-refractivity contribution is 0.212. The number of anilines is 2. The van der Waals surface area contributed by atoms with Gasteiger partial charge in [-0.3, -0.25) is 0 Å². The number of nitrogens with two attached hydrogens (primary N) is 2.